The molecule has 4 aromatic carbocycles. The van der Waals surface area contributed by atoms with Gasteiger partial charge >= 0.3 is 0 Å². The van der Waals surface area contributed by atoms with Crippen molar-refractivity contribution in [3.8, 4) is 22.3 Å². The van der Waals surface area contributed by atoms with Crippen molar-refractivity contribution in [2.24, 2.45) is 0 Å². The summed E-state index contributed by atoms with van der Waals surface area (Å²) in [6, 6.07) is 18.7. The van der Waals surface area contributed by atoms with E-state index in [0.717, 1.165) is 48.6 Å². The van der Waals surface area contributed by atoms with Crippen LogP contribution in [0.15, 0.2) is 79.4 Å². The molecule has 0 aromatic heterocycles. The highest BCUT2D eigenvalue weighted by Gasteiger charge is 2.17. The molecular formula is C30H27F3. The lowest BCUT2D eigenvalue weighted by Crippen LogP contribution is -1.95. The third-order valence-corrected chi connectivity index (χ3v) is 6.07. The highest BCUT2D eigenvalue weighted by Crippen LogP contribution is 2.34. The van der Waals surface area contributed by atoms with Crippen molar-refractivity contribution >= 4 is 10.8 Å². The number of benzene rings is 4. The summed E-state index contributed by atoms with van der Waals surface area (Å²) in [6.45, 7) is 5.84. The van der Waals surface area contributed by atoms with E-state index in [1.165, 1.54) is 12.1 Å². The van der Waals surface area contributed by atoms with Crippen LogP contribution in [0.25, 0.3) is 33.0 Å². The molecule has 0 saturated heterocycles. The predicted molar refractivity (Wildman–Crippen MR) is 132 cm³/mol. The van der Waals surface area contributed by atoms with Crippen LogP contribution in [-0.4, -0.2) is 0 Å². The average molecular weight is 445 g/mol. The minimum atomic E-state index is -0.710. The van der Waals surface area contributed by atoms with Crippen molar-refractivity contribution in [3.05, 3.63) is 108 Å². The Labute approximate surface area is 193 Å². The molecule has 0 heterocycles. The summed E-state index contributed by atoms with van der Waals surface area (Å²) in [5.74, 6) is -1.89. The van der Waals surface area contributed by atoms with Gasteiger partial charge in [-0.2, -0.15) is 0 Å². The maximum absolute atomic E-state index is 15.3. The van der Waals surface area contributed by atoms with E-state index in [-0.39, 0.29) is 16.7 Å². The zero-order chi connectivity index (χ0) is 23.4. The molecule has 0 spiro atoms. The first-order chi connectivity index (χ1) is 16.0. The third-order valence-electron chi connectivity index (χ3n) is 6.07. The second kappa shape index (κ2) is 10.1. The number of rotatable bonds is 8. The second-order valence-corrected chi connectivity index (χ2v) is 8.43. The molecule has 0 aliphatic heterocycles. The molecule has 0 unspecified atom stereocenters. The average Bonchev–Trinajstić information content (AvgIpc) is 2.82. The molecule has 168 valence electrons. The fraction of sp³-hybridized carbons (Fsp3) is 0.200. The normalized spacial score (nSPS) is 11.2. The fourth-order valence-corrected chi connectivity index (χ4v) is 4.21. The van der Waals surface area contributed by atoms with Crippen LogP contribution in [0.1, 0.15) is 37.3 Å². The van der Waals surface area contributed by atoms with Crippen LogP contribution in [0.5, 0.6) is 0 Å². The van der Waals surface area contributed by atoms with Gasteiger partial charge in [0, 0.05) is 10.9 Å². The van der Waals surface area contributed by atoms with Crippen LogP contribution in [0.2, 0.25) is 0 Å². The minimum absolute atomic E-state index is 0.101. The van der Waals surface area contributed by atoms with Crippen molar-refractivity contribution < 1.29 is 13.2 Å². The smallest absolute Gasteiger partial charge is 0.138 e. The Bertz CT molecular complexity index is 1260. The van der Waals surface area contributed by atoms with Crippen molar-refractivity contribution in [2.45, 2.75) is 39.0 Å². The van der Waals surface area contributed by atoms with E-state index in [2.05, 4.69) is 13.5 Å². The number of unbranched alkanes of at least 4 members (excludes halogenated alkanes) is 1. The highest BCUT2D eigenvalue weighted by molar-refractivity contribution is 5.89. The van der Waals surface area contributed by atoms with Crippen LogP contribution >= 0.6 is 0 Å². The lowest BCUT2D eigenvalue weighted by Gasteiger charge is -2.12. The van der Waals surface area contributed by atoms with Crippen LogP contribution in [0.3, 0.4) is 0 Å². The topological polar surface area (TPSA) is 0 Å². The quantitative estimate of drug-likeness (QED) is 0.238. The molecule has 4 aromatic rings. The van der Waals surface area contributed by atoms with Crippen LogP contribution in [0.4, 0.5) is 13.2 Å². The molecule has 0 fully saturated rings. The molecule has 0 radical (unpaired) electrons. The SMILES string of the molecule is C=CCCc1ccc(-c2c(F)cc(-c3ccc4cc(CCCC)ccc4c3F)cc2F)cc1. The van der Waals surface area contributed by atoms with E-state index in [9.17, 15) is 0 Å². The Morgan fingerprint density at radius 3 is 2.12 bits per heavy atom. The zero-order valence-electron chi connectivity index (χ0n) is 18.8. The number of hydrogen-bond acceptors (Lipinski definition) is 0. The molecule has 0 atom stereocenters. The van der Waals surface area contributed by atoms with Gasteiger partial charge < -0.3 is 0 Å². The van der Waals surface area contributed by atoms with Crippen LogP contribution in [-0.2, 0) is 12.8 Å². The molecule has 3 heteroatoms. The van der Waals surface area contributed by atoms with Gasteiger partial charge in [-0.15, -0.1) is 6.58 Å². The van der Waals surface area contributed by atoms with Gasteiger partial charge in [0.1, 0.15) is 17.5 Å². The predicted octanol–water partition coefficient (Wildman–Crippen LogP) is 9.05. The van der Waals surface area contributed by atoms with Gasteiger partial charge in [-0.05, 0) is 65.5 Å². The molecule has 0 bridgehead atoms. The lowest BCUT2D eigenvalue weighted by molar-refractivity contribution is 0.590. The first-order valence-electron chi connectivity index (χ1n) is 11.4. The van der Waals surface area contributed by atoms with E-state index >= 15 is 13.2 Å². The van der Waals surface area contributed by atoms with Gasteiger partial charge in [0.15, 0.2) is 0 Å². The number of fused-ring (bicyclic) bond motifs is 1. The standard InChI is InChI=1S/C30H27F3/c1-3-5-7-20-9-12-22(13-10-20)29-27(31)18-24(19-28(29)32)26-16-14-23-17-21(8-6-4-2)11-15-25(23)30(26)33/h3,9-19H,1,4-8H2,2H3. The summed E-state index contributed by atoms with van der Waals surface area (Å²) in [6.07, 6.45) is 6.63. The molecular weight excluding hydrogens is 417 g/mol. The molecule has 0 amide bonds. The molecule has 0 nitrogen and oxygen atoms in total. The second-order valence-electron chi connectivity index (χ2n) is 8.43. The molecule has 0 aliphatic rings. The van der Waals surface area contributed by atoms with Gasteiger partial charge in [0.05, 0.1) is 5.56 Å². The third kappa shape index (κ3) is 4.88. The Morgan fingerprint density at radius 1 is 0.758 bits per heavy atom. The summed E-state index contributed by atoms with van der Waals surface area (Å²) >= 11 is 0. The van der Waals surface area contributed by atoms with E-state index < -0.39 is 17.5 Å². The van der Waals surface area contributed by atoms with Gasteiger partial charge in [0.2, 0.25) is 0 Å². The van der Waals surface area contributed by atoms with Crippen LogP contribution < -0.4 is 0 Å². The molecule has 33 heavy (non-hydrogen) atoms. The molecule has 0 N–H and O–H groups in total. The largest absolute Gasteiger partial charge is 0.206 e. The summed E-state index contributed by atoms with van der Waals surface area (Å²) in [5, 5.41) is 1.24. The summed E-state index contributed by atoms with van der Waals surface area (Å²) in [7, 11) is 0. The number of halogens is 3. The summed E-state index contributed by atoms with van der Waals surface area (Å²) < 4.78 is 45.4. The van der Waals surface area contributed by atoms with Crippen molar-refractivity contribution in [3.63, 3.8) is 0 Å². The van der Waals surface area contributed by atoms with Gasteiger partial charge in [-0.1, -0.05) is 74.0 Å². The van der Waals surface area contributed by atoms with Crippen molar-refractivity contribution in [2.75, 3.05) is 0 Å². The molecule has 0 aliphatic carbocycles. The van der Waals surface area contributed by atoms with E-state index in [0.29, 0.717) is 10.9 Å². The Hall–Kier alpha value is -3.33. The summed E-state index contributed by atoms with van der Waals surface area (Å²) in [5.41, 5.74) is 2.97. The molecule has 0 saturated carbocycles. The van der Waals surface area contributed by atoms with Crippen LogP contribution in [0, 0.1) is 17.5 Å². The fourth-order valence-electron chi connectivity index (χ4n) is 4.21. The minimum Gasteiger partial charge on any atom is -0.206 e. The zero-order valence-corrected chi connectivity index (χ0v) is 18.8. The lowest BCUT2D eigenvalue weighted by atomic mass is 9.95. The van der Waals surface area contributed by atoms with Crippen molar-refractivity contribution in [1.82, 2.24) is 0 Å². The first kappa shape index (κ1) is 22.8. The van der Waals surface area contributed by atoms with E-state index in [4.69, 9.17) is 0 Å². The van der Waals surface area contributed by atoms with E-state index in [1.54, 1.807) is 24.3 Å². The summed E-state index contributed by atoms with van der Waals surface area (Å²) in [4.78, 5) is 0. The Kier molecular flexibility index (Phi) is 6.98. The van der Waals surface area contributed by atoms with Gasteiger partial charge in [-0.3, -0.25) is 0 Å². The number of aryl methyl sites for hydroxylation is 2. The monoisotopic (exact) mass is 444 g/mol. The number of allylic oxidation sites excluding steroid dienone is 1. The maximum atomic E-state index is 15.3. The van der Waals surface area contributed by atoms with Crippen molar-refractivity contribution in [1.29, 1.82) is 0 Å². The van der Waals surface area contributed by atoms with Gasteiger partial charge in [-0.25, -0.2) is 13.2 Å². The maximum Gasteiger partial charge on any atom is 0.138 e. The van der Waals surface area contributed by atoms with E-state index in [1.807, 2.05) is 36.4 Å². The highest BCUT2D eigenvalue weighted by atomic mass is 19.1. The van der Waals surface area contributed by atoms with Gasteiger partial charge in [0.25, 0.3) is 0 Å². The first-order valence-corrected chi connectivity index (χ1v) is 11.4. The molecule has 4 rings (SSSR count). The Morgan fingerprint density at radius 2 is 1.45 bits per heavy atom. The Balaban J connectivity index is 1.68. The number of hydrogen-bond donors (Lipinski definition) is 0.